The summed E-state index contributed by atoms with van der Waals surface area (Å²) in [5, 5.41) is 13.4. The molecule has 37 heavy (non-hydrogen) atoms. The number of phenols is 1. The van der Waals surface area contributed by atoms with Crippen LogP contribution in [0, 0.1) is 11.8 Å². The molecular weight excluding hydrogens is 460 g/mol. The average Bonchev–Trinajstić information content (AvgIpc) is 2.95. The van der Waals surface area contributed by atoms with Gasteiger partial charge in [-0.2, -0.15) is 0 Å². The fraction of sp³-hybridized carbons (Fsp3) is 0.500. The van der Waals surface area contributed by atoms with Crippen LogP contribution in [0.1, 0.15) is 54.4 Å². The van der Waals surface area contributed by atoms with Crippen LogP contribution in [0.3, 0.4) is 0 Å². The number of rotatable bonds is 8. The molecular formula is C32H42N2O3. The van der Waals surface area contributed by atoms with Gasteiger partial charge in [-0.25, -0.2) is 0 Å². The maximum Gasteiger partial charge on any atom is 0.158 e. The highest BCUT2D eigenvalue weighted by Crippen LogP contribution is 2.39. The Bertz CT molecular complexity index is 1120. The highest BCUT2D eigenvalue weighted by molar-refractivity contribution is 5.38. The minimum Gasteiger partial charge on any atom is -0.508 e. The first-order chi connectivity index (χ1) is 18.1. The number of phenolic OH excluding ortho intramolecular Hbond substituents is 1. The van der Waals surface area contributed by atoms with Crippen LogP contribution in [0.4, 0.5) is 0 Å². The number of likely N-dealkylation sites (N-methyl/N-ethyl adjacent to an activating group) is 1. The van der Waals surface area contributed by atoms with Gasteiger partial charge in [-0.15, -0.1) is 0 Å². The zero-order valence-electron chi connectivity index (χ0n) is 22.6. The summed E-state index contributed by atoms with van der Waals surface area (Å²) >= 11 is 0. The van der Waals surface area contributed by atoms with E-state index in [9.17, 15) is 5.11 Å². The molecule has 5 nitrogen and oxygen atoms in total. The Morgan fingerprint density at radius 1 is 0.919 bits per heavy atom. The van der Waals surface area contributed by atoms with E-state index in [4.69, 9.17) is 9.47 Å². The van der Waals surface area contributed by atoms with Gasteiger partial charge >= 0.3 is 0 Å². The number of aromatic hydroxyl groups is 1. The van der Waals surface area contributed by atoms with Crippen molar-refractivity contribution in [1.29, 1.82) is 0 Å². The molecule has 1 saturated heterocycles. The van der Waals surface area contributed by atoms with Gasteiger partial charge in [0, 0.05) is 18.5 Å². The minimum atomic E-state index is 0.228. The molecule has 2 unspecified atom stereocenters. The third-order valence-corrected chi connectivity index (χ3v) is 8.75. The van der Waals surface area contributed by atoms with Gasteiger partial charge < -0.3 is 19.9 Å². The Morgan fingerprint density at radius 3 is 2.35 bits per heavy atom. The second-order valence-corrected chi connectivity index (χ2v) is 10.8. The van der Waals surface area contributed by atoms with Crippen molar-refractivity contribution in [2.24, 2.45) is 11.8 Å². The summed E-state index contributed by atoms with van der Waals surface area (Å²) in [6, 6.07) is 15.5. The summed E-state index contributed by atoms with van der Waals surface area (Å²) in [6.45, 7) is 6.37. The van der Waals surface area contributed by atoms with Gasteiger partial charge in [0.2, 0.25) is 0 Å². The molecule has 1 fully saturated rings. The standard InChI is InChI=1S/C32H42N2O3/c1-4-34(21-22-5-7-23(8-6-22)24-13-15-33-16-14-24)30-20-32(37-3)31(36-2)19-29(30)27-10-9-26-18-28(35)12-11-25(26)17-27/h5-8,11-12,18-20,24,27,29-30,33,35H,4,9-10,13-17,21H2,1-3H3/t27-,29?,30?/m1/s1. The van der Waals surface area contributed by atoms with E-state index in [1.54, 1.807) is 14.2 Å². The van der Waals surface area contributed by atoms with Crippen molar-refractivity contribution >= 4 is 0 Å². The third-order valence-electron chi connectivity index (χ3n) is 8.75. The maximum absolute atomic E-state index is 9.95. The fourth-order valence-corrected chi connectivity index (χ4v) is 6.62. The van der Waals surface area contributed by atoms with Crippen molar-refractivity contribution in [3.05, 3.63) is 88.4 Å². The van der Waals surface area contributed by atoms with E-state index in [2.05, 4.69) is 59.6 Å². The van der Waals surface area contributed by atoms with Gasteiger partial charge in [0.25, 0.3) is 0 Å². The van der Waals surface area contributed by atoms with Crippen LogP contribution in [-0.2, 0) is 28.9 Å². The summed E-state index contributed by atoms with van der Waals surface area (Å²) in [7, 11) is 3.46. The lowest BCUT2D eigenvalue weighted by Crippen LogP contribution is -2.44. The summed E-state index contributed by atoms with van der Waals surface area (Å²) in [5.74, 6) is 3.53. The van der Waals surface area contributed by atoms with Crippen LogP contribution in [0.15, 0.2) is 66.1 Å². The minimum absolute atomic E-state index is 0.228. The van der Waals surface area contributed by atoms with Crippen molar-refractivity contribution < 1.29 is 14.6 Å². The Labute approximate surface area is 222 Å². The van der Waals surface area contributed by atoms with Gasteiger partial charge in [-0.05, 0) is 110 Å². The third kappa shape index (κ3) is 5.73. The van der Waals surface area contributed by atoms with Gasteiger partial charge in [-0.1, -0.05) is 37.3 Å². The molecule has 0 radical (unpaired) electrons. The molecule has 2 aromatic rings. The molecule has 198 valence electrons. The molecule has 3 aliphatic rings. The number of nitrogens with zero attached hydrogens (tertiary/aromatic N) is 1. The van der Waals surface area contributed by atoms with Gasteiger partial charge in [0.1, 0.15) is 5.75 Å². The number of methoxy groups -OCH3 is 2. The Kier molecular flexibility index (Phi) is 8.21. The molecule has 1 aliphatic heterocycles. The molecule has 0 amide bonds. The van der Waals surface area contributed by atoms with Crippen LogP contribution in [0.2, 0.25) is 0 Å². The smallest absolute Gasteiger partial charge is 0.158 e. The highest BCUT2D eigenvalue weighted by Gasteiger charge is 2.37. The Balaban J connectivity index is 1.37. The van der Waals surface area contributed by atoms with Crippen molar-refractivity contribution in [2.45, 2.75) is 57.5 Å². The van der Waals surface area contributed by atoms with E-state index in [1.807, 2.05) is 12.1 Å². The molecule has 3 atom stereocenters. The van der Waals surface area contributed by atoms with E-state index in [1.165, 1.54) is 35.1 Å². The molecule has 2 N–H and O–H groups in total. The summed E-state index contributed by atoms with van der Waals surface area (Å²) in [6.07, 6.45) is 10.2. The molecule has 0 spiro atoms. The normalized spacial score (nSPS) is 24.3. The van der Waals surface area contributed by atoms with Gasteiger partial charge in [0.15, 0.2) is 11.5 Å². The van der Waals surface area contributed by atoms with E-state index >= 15 is 0 Å². The average molecular weight is 503 g/mol. The lowest BCUT2D eigenvalue weighted by molar-refractivity contribution is 0.132. The zero-order valence-corrected chi connectivity index (χ0v) is 22.6. The van der Waals surface area contributed by atoms with Crippen LogP contribution < -0.4 is 5.32 Å². The predicted octanol–water partition coefficient (Wildman–Crippen LogP) is 5.55. The van der Waals surface area contributed by atoms with Gasteiger partial charge in [-0.3, -0.25) is 4.90 Å². The van der Waals surface area contributed by atoms with Crippen molar-refractivity contribution in [2.75, 3.05) is 33.9 Å². The van der Waals surface area contributed by atoms with Crippen molar-refractivity contribution in [3.63, 3.8) is 0 Å². The molecule has 2 aliphatic carbocycles. The Hall–Kier alpha value is -2.76. The van der Waals surface area contributed by atoms with Crippen molar-refractivity contribution in [3.8, 4) is 5.75 Å². The number of hydrogen-bond donors (Lipinski definition) is 2. The molecule has 0 bridgehead atoms. The zero-order chi connectivity index (χ0) is 25.8. The van der Waals surface area contributed by atoms with Crippen LogP contribution in [0.25, 0.3) is 0 Å². The topological polar surface area (TPSA) is 54.0 Å². The second-order valence-electron chi connectivity index (χ2n) is 10.8. The van der Waals surface area contributed by atoms with E-state index in [-0.39, 0.29) is 6.04 Å². The molecule has 5 rings (SSSR count). The quantitative estimate of drug-likeness (QED) is 0.496. The first kappa shape index (κ1) is 25.9. The lowest BCUT2D eigenvalue weighted by Gasteiger charge is -2.41. The number of fused-ring (bicyclic) bond motifs is 1. The van der Waals surface area contributed by atoms with Gasteiger partial charge in [0.05, 0.1) is 14.2 Å². The molecule has 2 aromatic carbocycles. The van der Waals surface area contributed by atoms with Crippen LogP contribution in [-0.4, -0.2) is 49.9 Å². The summed E-state index contributed by atoms with van der Waals surface area (Å²) in [5.41, 5.74) is 5.48. The molecule has 0 saturated carbocycles. The number of nitrogens with one attached hydrogen (secondary N) is 1. The number of piperidine rings is 1. The summed E-state index contributed by atoms with van der Waals surface area (Å²) < 4.78 is 11.5. The number of hydrogen-bond acceptors (Lipinski definition) is 5. The first-order valence-corrected chi connectivity index (χ1v) is 14.0. The predicted molar refractivity (Wildman–Crippen MR) is 148 cm³/mol. The van der Waals surface area contributed by atoms with E-state index in [0.717, 1.165) is 57.0 Å². The second kappa shape index (κ2) is 11.7. The number of aryl methyl sites for hydroxylation is 1. The largest absolute Gasteiger partial charge is 0.508 e. The van der Waals surface area contributed by atoms with E-state index < -0.39 is 0 Å². The SMILES string of the molecule is CCN(Cc1ccc(C2CCNCC2)cc1)C1C=C(OC)C(OC)=CC1[C@@H]1CCc2cc(O)ccc2C1. The van der Waals surface area contributed by atoms with Crippen LogP contribution in [0.5, 0.6) is 5.75 Å². The molecule has 0 aromatic heterocycles. The van der Waals surface area contributed by atoms with Crippen LogP contribution >= 0.6 is 0 Å². The number of ether oxygens (including phenoxy) is 2. The number of benzene rings is 2. The Morgan fingerprint density at radius 2 is 1.65 bits per heavy atom. The molecule has 1 heterocycles. The highest BCUT2D eigenvalue weighted by atomic mass is 16.5. The maximum atomic E-state index is 9.95. The summed E-state index contributed by atoms with van der Waals surface area (Å²) in [4.78, 5) is 2.58. The van der Waals surface area contributed by atoms with Crippen molar-refractivity contribution in [1.82, 2.24) is 10.2 Å². The fourth-order valence-electron chi connectivity index (χ4n) is 6.62. The first-order valence-electron chi connectivity index (χ1n) is 14.0. The lowest BCUT2D eigenvalue weighted by atomic mass is 9.72. The molecule has 5 heteroatoms. The van der Waals surface area contributed by atoms with E-state index in [0.29, 0.717) is 23.5 Å². The monoisotopic (exact) mass is 502 g/mol.